The summed E-state index contributed by atoms with van der Waals surface area (Å²) in [6.07, 6.45) is 1.49. The Bertz CT molecular complexity index is 644. The number of rotatable bonds is 2. The van der Waals surface area contributed by atoms with E-state index in [-0.39, 0.29) is 5.91 Å². The highest BCUT2D eigenvalue weighted by Crippen LogP contribution is 2.22. The van der Waals surface area contributed by atoms with Crippen LogP contribution in [0.4, 0.5) is 11.5 Å². The maximum atomic E-state index is 12.1. The number of hydrogen-bond acceptors (Lipinski definition) is 3. The number of aromatic nitrogens is 1. The molecule has 4 nitrogen and oxygen atoms in total. The number of nitrogens with one attached hydrogen (secondary N) is 1. The van der Waals surface area contributed by atoms with E-state index in [1.165, 1.54) is 12.3 Å². The van der Waals surface area contributed by atoms with Crippen LogP contribution in [0, 0.1) is 6.92 Å². The van der Waals surface area contributed by atoms with Gasteiger partial charge in [0.15, 0.2) is 0 Å². The second-order valence-electron chi connectivity index (χ2n) is 4.00. The number of carbonyl (C=O) groups excluding carboxylic acids is 1. The Kier molecular flexibility index (Phi) is 3.93. The van der Waals surface area contributed by atoms with E-state index in [1.54, 1.807) is 18.2 Å². The summed E-state index contributed by atoms with van der Waals surface area (Å²) in [5.74, 6) is 0.0388. The highest BCUT2D eigenvalue weighted by atomic mass is 35.5. The smallest absolute Gasteiger partial charge is 0.258 e. The summed E-state index contributed by atoms with van der Waals surface area (Å²) in [7, 11) is 0. The van der Waals surface area contributed by atoms with Crippen molar-refractivity contribution in [3.05, 3.63) is 51.6 Å². The van der Waals surface area contributed by atoms with Crippen LogP contribution in [-0.2, 0) is 0 Å². The molecule has 98 valence electrons. The maximum absolute atomic E-state index is 12.1. The van der Waals surface area contributed by atoms with Crippen molar-refractivity contribution >= 4 is 40.6 Å². The Morgan fingerprint density at radius 3 is 2.74 bits per heavy atom. The number of benzene rings is 1. The van der Waals surface area contributed by atoms with Crippen molar-refractivity contribution in [3.8, 4) is 0 Å². The molecule has 0 atom stereocenters. The standard InChI is InChI=1S/C13H11Cl2N3O/c1-7-4-12(17-6-11(7)16)18-13(19)9-5-8(14)2-3-10(9)15/h2-6H,16H2,1H3,(H,17,18,19). The zero-order valence-corrected chi connectivity index (χ0v) is 11.6. The molecule has 0 radical (unpaired) electrons. The molecule has 0 spiro atoms. The maximum Gasteiger partial charge on any atom is 0.258 e. The fraction of sp³-hybridized carbons (Fsp3) is 0.0769. The molecular weight excluding hydrogens is 285 g/mol. The third kappa shape index (κ3) is 3.16. The quantitative estimate of drug-likeness (QED) is 0.890. The minimum atomic E-state index is -0.371. The monoisotopic (exact) mass is 295 g/mol. The van der Waals surface area contributed by atoms with E-state index in [2.05, 4.69) is 10.3 Å². The van der Waals surface area contributed by atoms with Crippen molar-refractivity contribution in [2.24, 2.45) is 0 Å². The van der Waals surface area contributed by atoms with Crippen LogP contribution in [-0.4, -0.2) is 10.9 Å². The van der Waals surface area contributed by atoms with Crippen LogP contribution in [0.1, 0.15) is 15.9 Å². The third-order valence-electron chi connectivity index (χ3n) is 2.57. The first kappa shape index (κ1) is 13.6. The molecule has 1 aromatic heterocycles. The average molecular weight is 296 g/mol. The number of amides is 1. The van der Waals surface area contributed by atoms with Crippen LogP contribution in [0.2, 0.25) is 10.0 Å². The molecule has 0 aliphatic carbocycles. The minimum Gasteiger partial charge on any atom is -0.397 e. The van der Waals surface area contributed by atoms with Gasteiger partial charge in [0.2, 0.25) is 0 Å². The molecule has 1 heterocycles. The number of aryl methyl sites for hydroxylation is 1. The van der Waals surface area contributed by atoms with Gasteiger partial charge in [-0.3, -0.25) is 4.79 Å². The van der Waals surface area contributed by atoms with Gasteiger partial charge in [-0.15, -0.1) is 0 Å². The topological polar surface area (TPSA) is 68.0 Å². The van der Waals surface area contributed by atoms with Gasteiger partial charge in [-0.05, 0) is 36.8 Å². The Balaban J connectivity index is 2.25. The number of hydrogen-bond donors (Lipinski definition) is 2. The second-order valence-corrected chi connectivity index (χ2v) is 4.85. The Hall–Kier alpha value is -1.78. The molecule has 0 bridgehead atoms. The number of nitrogens with zero attached hydrogens (tertiary/aromatic N) is 1. The Labute approximate surface area is 120 Å². The van der Waals surface area contributed by atoms with Gasteiger partial charge in [0.05, 0.1) is 22.5 Å². The van der Waals surface area contributed by atoms with Gasteiger partial charge in [-0.1, -0.05) is 23.2 Å². The SMILES string of the molecule is Cc1cc(NC(=O)c2cc(Cl)ccc2Cl)ncc1N. The fourth-order valence-corrected chi connectivity index (χ4v) is 1.87. The largest absolute Gasteiger partial charge is 0.397 e. The van der Waals surface area contributed by atoms with Crippen molar-refractivity contribution in [1.82, 2.24) is 4.98 Å². The molecule has 2 rings (SSSR count). The normalized spacial score (nSPS) is 10.3. The van der Waals surface area contributed by atoms with E-state index in [9.17, 15) is 4.79 Å². The van der Waals surface area contributed by atoms with Crippen LogP contribution < -0.4 is 11.1 Å². The molecule has 0 fully saturated rings. The summed E-state index contributed by atoms with van der Waals surface area (Å²) in [5, 5.41) is 3.41. The van der Waals surface area contributed by atoms with Crippen molar-refractivity contribution < 1.29 is 4.79 Å². The molecule has 1 aromatic carbocycles. The molecule has 1 amide bonds. The summed E-state index contributed by atoms with van der Waals surface area (Å²) < 4.78 is 0. The number of carbonyl (C=O) groups is 1. The number of pyridine rings is 1. The lowest BCUT2D eigenvalue weighted by molar-refractivity contribution is 0.102. The van der Waals surface area contributed by atoms with E-state index in [4.69, 9.17) is 28.9 Å². The summed E-state index contributed by atoms with van der Waals surface area (Å²) >= 11 is 11.8. The van der Waals surface area contributed by atoms with Crippen molar-refractivity contribution in [3.63, 3.8) is 0 Å². The minimum absolute atomic E-state index is 0.297. The van der Waals surface area contributed by atoms with Crippen LogP contribution in [0.15, 0.2) is 30.5 Å². The van der Waals surface area contributed by atoms with Crippen molar-refractivity contribution in [1.29, 1.82) is 0 Å². The Morgan fingerprint density at radius 1 is 1.32 bits per heavy atom. The molecular formula is C13H11Cl2N3O. The van der Waals surface area contributed by atoms with Gasteiger partial charge in [0.1, 0.15) is 5.82 Å². The molecule has 19 heavy (non-hydrogen) atoms. The number of anilines is 2. The fourth-order valence-electron chi connectivity index (χ4n) is 1.49. The first-order chi connectivity index (χ1) is 8.97. The first-order valence-electron chi connectivity index (χ1n) is 5.46. The molecule has 3 N–H and O–H groups in total. The highest BCUT2D eigenvalue weighted by Gasteiger charge is 2.12. The predicted octanol–water partition coefficient (Wildman–Crippen LogP) is 3.53. The van der Waals surface area contributed by atoms with Gasteiger partial charge in [-0.2, -0.15) is 0 Å². The lowest BCUT2D eigenvalue weighted by Gasteiger charge is -2.08. The van der Waals surface area contributed by atoms with Crippen molar-refractivity contribution in [2.45, 2.75) is 6.92 Å². The second kappa shape index (κ2) is 5.47. The van der Waals surface area contributed by atoms with Gasteiger partial charge in [0, 0.05) is 5.02 Å². The van der Waals surface area contributed by atoms with Crippen molar-refractivity contribution in [2.75, 3.05) is 11.1 Å². The van der Waals surface area contributed by atoms with Crippen LogP contribution in [0.25, 0.3) is 0 Å². The van der Waals surface area contributed by atoms with Gasteiger partial charge in [-0.25, -0.2) is 4.98 Å². The number of halogens is 2. The lowest BCUT2D eigenvalue weighted by atomic mass is 10.2. The highest BCUT2D eigenvalue weighted by molar-refractivity contribution is 6.36. The first-order valence-corrected chi connectivity index (χ1v) is 6.21. The zero-order chi connectivity index (χ0) is 14.0. The average Bonchev–Trinajstić information content (AvgIpc) is 2.36. The summed E-state index contributed by atoms with van der Waals surface area (Å²) in [4.78, 5) is 16.1. The van der Waals surface area contributed by atoms with E-state index >= 15 is 0 Å². The van der Waals surface area contributed by atoms with E-state index in [0.29, 0.717) is 27.1 Å². The molecule has 6 heteroatoms. The Morgan fingerprint density at radius 2 is 2.05 bits per heavy atom. The summed E-state index contributed by atoms with van der Waals surface area (Å²) in [6.45, 7) is 1.83. The molecule has 0 unspecified atom stereocenters. The van der Waals surface area contributed by atoms with Crippen LogP contribution in [0.5, 0.6) is 0 Å². The van der Waals surface area contributed by atoms with Crippen LogP contribution >= 0.6 is 23.2 Å². The predicted molar refractivity (Wildman–Crippen MR) is 77.8 cm³/mol. The zero-order valence-electron chi connectivity index (χ0n) is 10.1. The molecule has 0 aliphatic rings. The lowest BCUT2D eigenvalue weighted by Crippen LogP contribution is -2.13. The number of nitrogens with two attached hydrogens (primary N) is 1. The third-order valence-corrected chi connectivity index (χ3v) is 3.13. The molecule has 0 saturated carbocycles. The molecule has 2 aromatic rings. The number of nitrogen functional groups attached to an aromatic ring is 1. The molecule has 0 aliphatic heterocycles. The summed E-state index contributed by atoms with van der Waals surface area (Å²) in [6, 6.07) is 6.38. The van der Waals surface area contributed by atoms with Gasteiger partial charge >= 0.3 is 0 Å². The summed E-state index contributed by atoms with van der Waals surface area (Å²) in [5.41, 5.74) is 7.36. The van der Waals surface area contributed by atoms with Gasteiger partial charge in [0.25, 0.3) is 5.91 Å². The van der Waals surface area contributed by atoms with Crippen LogP contribution in [0.3, 0.4) is 0 Å². The van der Waals surface area contributed by atoms with E-state index in [0.717, 1.165) is 5.56 Å². The van der Waals surface area contributed by atoms with E-state index < -0.39 is 0 Å². The van der Waals surface area contributed by atoms with E-state index in [1.807, 2.05) is 6.92 Å². The van der Waals surface area contributed by atoms with Gasteiger partial charge < -0.3 is 11.1 Å². The molecule has 0 saturated heterocycles.